The average molecular weight is 340 g/mol. The van der Waals surface area contributed by atoms with Crippen molar-refractivity contribution >= 4 is 44.4 Å². The molecular formula is C16H15ClFNS2. The zero-order chi connectivity index (χ0) is 14.8. The van der Waals surface area contributed by atoms with Gasteiger partial charge in [0.05, 0.1) is 10.4 Å². The van der Waals surface area contributed by atoms with E-state index in [2.05, 4.69) is 24.4 Å². The second-order valence-corrected chi connectivity index (χ2v) is 7.72. The molecule has 21 heavy (non-hydrogen) atoms. The second-order valence-electron chi connectivity index (χ2n) is 4.86. The molecule has 0 spiro atoms. The number of rotatable bonds is 5. The Morgan fingerprint density at radius 3 is 2.71 bits per heavy atom. The fourth-order valence-corrected chi connectivity index (χ4v) is 4.70. The van der Waals surface area contributed by atoms with E-state index in [0.717, 1.165) is 27.4 Å². The van der Waals surface area contributed by atoms with E-state index in [0.29, 0.717) is 0 Å². The first-order chi connectivity index (χ1) is 10.2. The van der Waals surface area contributed by atoms with Gasteiger partial charge in [0, 0.05) is 14.5 Å². The standard InChI is InChI=1S/C16H15ClFNS2/c1-2-7-19-16(12-5-6-15(17)21-12)14-8-10-3-4-11(18)9-13(10)20-14/h3-6,8-9,16,19H,2,7H2,1H3. The molecule has 0 bridgehead atoms. The first-order valence-corrected chi connectivity index (χ1v) is 8.86. The molecule has 2 aromatic heterocycles. The lowest BCUT2D eigenvalue weighted by molar-refractivity contribution is 0.613. The summed E-state index contributed by atoms with van der Waals surface area (Å²) >= 11 is 9.29. The van der Waals surface area contributed by atoms with E-state index < -0.39 is 0 Å². The Hall–Kier alpha value is -0.940. The summed E-state index contributed by atoms with van der Waals surface area (Å²) in [5, 5.41) is 4.64. The molecule has 0 aliphatic carbocycles. The quantitative estimate of drug-likeness (QED) is 0.615. The lowest BCUT2D eigenvalue weighted by Gasteiger charge is -2.15. The summed E-state index contributed by atoms with van der Waals surface area (Å²) < 4.78 is 15.1. The normalized spacial score (nSPS) is 12.9. The van der Waals surface area contributed by atoms with Crippen molar-refractivity contribution in [3.8, 4) is 0 Å². The topological polar surface area (TPSA) is 12.0 Å². The van der Waals surface area contributed by atoms with Crippen LogP contribution in [0.5, 0.6) is 0 Å². The lowest BCUT2D eigenvalue weighted by Crippen LogP contribution is -2.21. The molecule has 5 heteroatoms. The molecule has 1 nitrogen and oxygen atoms in total. The van der Waals surface area contributed by atoms with Crippen LogP contribution < -0.4 is 5.32 Å². The van der Waals surface area contributed by atoms with E-state index in [9.17, 15) is 4.39 Å². The molecule has 0 aliphatic heterocycles. The van der Waals surface area contributed by atoms with Crippen LogP contribution in [-0.4, -0.2) is 6.54 Å². The molecule has 0 fully saturated rings. The van der Waals surface area contributed by atoms with Crippen LogP contribution >= 0.6 is 34.3 Å². The fraction of sp³-hybridized carbons (Fsp3) is 0.250. The van der Waals surface area contributed by atoms with Gasteiger partial charge in [0.1, 0.15) is 5.82 Å². The molecule has 3 aromatic rings. The zero-order valence-corrected chi connectivity index (χ0v) is 13.9. The molecule has 0 aliphatic rings. The number of halogens is 2. The molecule has 0 saturated carbocycles. The van der Waals surface area contributed by atoms with Crippen LogP contribution in [0.15, 0.2) is 36.4 Å². The summed E-state index contributed by atoms with van der Waals surface area (Å²) in [6.45, 7) is 3.08. The van der Waals surface area contributed by atoms with Crippen molar-refractivity contribution in [2.45, 2.75) is 19.4 Å². The van der Waals surface area contributed by atoms with Gasteiger partial charge in [-0.15, -0.1) is 22.7 Å². The van der Waals surface area contributed by atoms with Crippen LogP contribution in [0.3, 0.4) is 0 Å². The number of hydrogen-bond donors (Lipinski definition) is 1. The first-order valence-electron chi connectivity index (χ1n) is 6.85. The van der Waals surface area contributed by atoms with Crippen molar-refractivity contribution in [1.29, 1.82) is 0 Å². The average Bonchev–Trinajstić information content (AvgIpc) is 3.05. The molecule has 3 rings (SSSR count). The molecule has 2 heterocycles. The lowest BCUT2D eigenvalue weighted by atomic mass is 10.1. The minimum Gasteiger partial charge on any atom is -0.305 e. The van der Waals surface area contributed by atoms with Crippen LogP contribution in [0.25, 0.3) is 10.1 Å². The molecule has 1 aromatic carbocycles. The van der Waals surface area contributed by atoms with Gasteiger partial charge in [-0.1, -0.05) is 24.6 Å². The SMILES string of the molecule is CCCNC(c1ccc(Cl)s1)c1cc2ccc(F)cc2s1. The summed E-state index contributed by atoms with van der Waals surface area (Å²) in [5.74, 6) is -0.187. The maximum Gasteiger partial charge on any atom is 0.124 e. The Bertz CT molecular complexity index is 750. The Balaban J connectivity index is 2.00. The molecule has 0 saturated heterocycles. The highest BCUT2D eigenvalue weighted by Gasteiger charge is 2.18. The van der Waals surface area contributed by atoms with Crippen molar-refractivity contribution in [2.24, 2.45) is 0 Å². The van der Waals surface area contributed by atoms with Crippen molar-refractivity contribution < 1.29 is 4.39 Å². The Morgan fingerprint density at radius 2 is 2.00 bits per heavy atom. The highest BCUT2D eigenvalue weighted by molar-refractivity contribution is 7.19. The zero-order valence-electron chi connectivity index (χ0n) is 11.5. The van der Waals surface area contributed by atoms with Crippen LogP contribution in [0.2, 0.25) is 4.34 Å². The third-order valence-corrected chi connectivity index (χ3v) is 5.72. The minimum atomic E-state index is -0.187. The summed E-state index contributed by atoms with van der Waals surface area (Å²) in [7, 11) is 0. The van der Waals surface area contributed by atoms with E-state index >= 15 is 0 Å². The van der Waals surface area contributed by atoms with E-state index in [1.165, 1.54) is 15.8 Å². The summed E-state index contributed by atoms with van der Waals surface area (Å²) in [6, 6.07) is 11.2. The second kappa shape index (κ2) is 6.44. The van der Waals surface area contributed by atoms with E-state index in [1.807, 2.05) is 12.1 Å². The van der Waals surface area contributed by atoms with Gasteiger partial charge in [0.15, 0.2) is 0 Å². The Kier molecular flexibility index (Phi) is 4.60. The number of fused-ring (bicyclic) bond motifs is 1. The third kappa shape index (κ3) is 3.29. The van der Waals surface area contributed by atoms with Crippen molar-refractivity contribution in [1.82, 2.24) is 5.32 Å². The van der Waals surface area contributed by atoms with E-state index in [4.69, 9.17) is 11.6 Å². The van der Waals surface area contributed by atoms with Gasteiger partial charge in [-0.05, 0) is 48.7 Å². The van der Waals surface area contributed by atoms with Crippen LogP contribution in [0.4, 0.5) is 4.39 Å². The van der Waals surface area contributed by atoms with Gasteiger partial charge in [0.2, 0.25) is 0 Å². The van der Waals surface area contributed by atoms with Crippen LogP contribution in [0, 0.1) is 5.82 Å². The van der Waals surface area contributed by atoms with Crippen molar-refractivity contribution in [2.75, 3.05) is 6.54 Å². The summed E-state index contributed by atoms with van der Waals surface area (Å²) in [6.07, 6.45) is 1.06. The third-order valence-electron chi connectivity index (χ3n) is 3.26. The van der Waals surface area contributed by atoms with Crippen molar-refractivity contribution in [3.05, 3.63) is 56.3 Å². The van der Waals surface area contributed by atoms with Gasteiger partial charge < -0.3 is 5.32 Å². The van der Waals surface area contributed by atoms with E-state index in [1.54, 1.807) is 28.7 Å². The summed E-state index contributed by atoms with van der Waals surface area (Å²) in [5.41, 5.74) is 0. The highest BCUT2D eigenvalue weighted by atomic mass is 35.5. The van der Waals surface area contributed by atoms with Crippen molar-refractivity contribution in [3.63, 3.8) is 0 Å². The smallest absolute Gasteiger partial charge is 0.124 e. The van der Waals surface area contributed by atoms with Crippen LogP contribution in [-0.2, 0) is 0 Å². The molecule has 110 valence electrons. The fourth-order valence-electron chi connectivity index (χ4n) is 2.28. The van der Waals surface area contributed by atoms with Gasteiger partial charge >= 0.3 is 0 Å². The summed E-state index contributed by atoms with van der Waals surface area (Å²) in [4.78, 5) is 2.39. The van der Waals surface area contributed by atoms with Gasteiger partial charge in [-0.3, -0.25) is 0 Å². The Labute approximate surface area is 136 Å². The number of thiophene rings is 2. The molecule has 1 N–H and O–H groups in total. The molecule has 1 unspecified atom stereocenters. The molecule has 1 atom stereocenters. The minimum absolute atomic E-state index is 0.128. The van der Waals surface area contributed by atoms with Gasteiger partial charge in [-0.2, -0.15) is 0 Å². The predicted octanol–water partition coefficient (Wildman–Crippen LogP) is 5.84. The maximum atomic E-state index is 13.4. The molecule has 0 amide bonds. The van der Waals surface area contributed by atoms with Gasteiger partial charge in [0.25, 0.3) is 0 Å². The number of nitrogens with one attached hydrogen (secondary N) is 1. The number of benzene rings is 1. The number of hydrogen-bond acceptors (Lipinski definition) is 3. The molecule has 0 radical (unpaired) electrons. The largest absolute Gasteiger partial charge is 0.305 e. The highest BCUT2D eigenvalue weighted by Crippen LogP contribution is 2.37. The molecular weight excluding hydrogens is 325 g/mol. The van der Waals surface area contributed by atoms with Crippen LogP contribution in [0.1, 0.15) is 29.1 Å². The predicted molar refractivity (Wildman–Crippen MR) is 91.2 cm³/mol. The monoisotopic (exact) mass is 339 g/mol. The maximum absolute atomic E-state index is 13.4. The first kappa shape index (κ1) is 15.0. The van der Waals surface area contributed by atoms with E-state index in [-0.39, 0.29) is 11.9 Å². The Morgan fingerprint density at radius 1 is 1.14 bits per heavy atom. The van der Waals surface area contributed by atoms with Gasteiger partial charge in [-0.25, -0.2) is 4.39 Å².